The molecule has 0 spiro atoms. The minimum atomic E-state index is -4.65. The molecule has 3 N–H and O–H groups in total. The quantitative estimate of drug-likeness (QED) is 0.548. The minimum absolute atomic E-state index is 0.0901. The first kappa shape index (κ1) is 18.0. The van der Waals surface area contributed by atoms with E-state index in [1.54, 1.807) is 0 Å². The third kappa shape index (κ3) is 3.58. The molecule has 1 aromatic rings. The molecule has 2 heterocycles. The third-order valence-corrected chi connectivity index (χ3v) is 4.20. The van der Waals surface area contributed by atoms with Gasteiger partial charge in [-0.25, -0.2) is 0 Å². The number of carbonyl (C=O) groups excluding carboxylic acids is 1. The van der Waals surface area contributed by atoms with E-state index in [0.717, 1.165) is 11.0 Å². The highest BCUT2D eigenvalue weighted by Crippen LogP contribution is 2.32. The van der Waals surface area contributed by atoms with Crippen molar-refractivity contribution < 1.29 is 32.3 Å². The molecule has 2 rings (SSSR count). The normalized spacial score (nSPS) is 18.0. The number of nitrogens with zero attached hydrogens (tertiary/aromatic N) is 2. The monoisotopic (exact) mass is 359 g/mol. The van der Waals surface area contributed by atoms with Crippen LogP contribution in [0.1, 0.15) is 5.56 Å². The number of hydrogen-bond acceptors (Lipinski definition) is 8. The second-order valence-corrected chi connectivity index (χ2v) is 6.21. The van der Waals surface area contributed by atoms with Crippen molar-refractivity contribution in [1.29, 1.82) is 0 Å². The number of rotatable bonds is 6. The first-order valence-corrected chi connectivity index (χ1v) is 8.27. The highest BCUT2D eigenvalue weighted by molar-refractivity contribution is 7.86. The molecule has 10 nitrogen and oxygen atoms in total. The Balaban J connectivity index is 2.59. The van der Waals surface area contributed by atoms with Crippen LogP contribution in [0.3, 0.4) is 0 Å². The van der Waals surface area contributed by atoms with Crippen LogP contribution < -0.4 is 14.8 Å². The molecule has 0 aliphatic carbocycles. The smallest absolute Gasteiger partial charge is 0.306 e. The molecule has 1 aromatic heterocycles. The molecule has 11 heteroatoms. The van der Waals surface area contributed by atoms with Crippen LogP contribution in [0.4, 0.5) is 0 Å². The zero-order chi connectivity index (χ0) is 17.9. The molecular weight excluding hydrogens is 342 g/mol. The van der Waals surface area contributed by atoms with Crippen molar-refractivity contribution in [1.82, 2.24) is 15.2 Å². The predicted molar refractivity (Wildman–Crippen MR) is 82.6 cm³/mol. The Bertz CT molecular complexity index is 763. The lowest BCUT2D eigenvalue weighted by atomic mass is 10.1. The summed E-state index contributed by atoms with van der Waals surface area (Å²) in [5.41, 5.74) is -1.30. The molecule has 0 radical (unpaired) electrons. The molecule has 1 atom stereocenters. The number of carbonyl (C=O) groups is 1. The number of methoxy groups -OCH3 is 2. The van der Waals surface area contributed by atoms with Crippen molar-refractivity contribution in [2.75, 3.05) is 27.4 Å². The Morgan fingerprint density at radius 1 is 1.33 bits per heavy atom. The fraction of sp³-hybridized carbons (Fsp3) is 0.385. The van der Waals surface area contributed by atoms with Gasteiger partial charge in [0.1, 0.15) is 0 Å². The summed E-state index contributed by atoms with van der Waals surface area (Å²) in [6.07, 6.45) is 1.13. The molecule has 24 heavy (non-hydrogen) atoms. The minimum Gasteiger partial charge on any atom is -0.481 e. The van der Waals surface area contributed by atoms with Crippen molar-refractivity contribution in [2.45, 2.75) is 5.50 Å². The number of ether oxygens (including phenoxy) is 2. The summed E-state index contributed by atoms with van der Waals surface area (Å²) in [5, 5.41) is 11.3. The molecule has 0 bridgehead atoms. The van der Waals surface area contributed by atoms with E-state index in [0.29, 0.717) is 5.56 Å². The highest BCUT2D eigenvalue weighted by atomic mass is 32.2. The van der Waals surface area contributed by atoms with Crippen molar-refractivity contribution in [2.24, 2.45) is 0 Å². The van der Waals surface area contributed by atoms with E-state index in [9.17, 15) is 22.9 Å². The SMILES string of the molecule is COc1ccc(C2=CC(=O)NC(S(=O)(=O)O)N2CCO)c(OC)n1. The number of aliphatic hydroxyl groups excluding tert-OH is 1. The maximum absolute atomic E-state index is 11.8. The van der Waals surface area contributed by atoms with E-state index in [1.807, 2.05) is 0 Å². The Morgan fingerprint density at radius 2 is 2.04 bits per heavy atom. The molecular formula is C13H17N3O7S. The van der Waals surface area contributed by atoms with E-state index in [1.165, 1.54) is 26.4 Å². The third-order valence-electron chi connectivity index (χ3n) is 3.26. The molecule has 0 aromatic carbocycles. The van der Waals surface area contributed by atoms with Gasteiger partial charge in [-0.15, -0.1) is 0 Å². The number of aliphatic hydroxyl groups is 1. The van der Waals surface area contributed by atoms with E-state index in [4.69, 9.17) is 9.47 Å². The summed E-state index contributed by atoms with van der Waals surface area (Å²) in [6.45, 7) is -0.573. The van der Waals surface area contributed by atoms with Crippen molar-refractivity contribution in [3.63, 3.8) is 0 Å². The summed E-state index contributed by atoms with van der Waals surface area (Å²) >= 11 is 0. The summed E-state index contributed by atoms with van der Waals surface area (Å²) in [5.74, 6) is -0.372. The van der Waals surface area contributed by atoms with Gasteiger partial charge in [0.15, 0.2) is 0 Å². The maximum atomic E-state index is 11.8. The second kappa shape index (κ2) is 7.03. The molecule has 1 unspecified atom stereocenters. The molecule has 0 fully saturated rings. The number of pyridine rings is 1. The van der Waals surface area contributed by atoms with Crippen LogP contribution in [0.25, 0.3) is 5.70 Å². The molecule has 1 aliphatic heterocycles. The molecule has 1 amide bonds. The van der Waals surface area contributed by atoms with Gasteiger partial charge in [0.2, 0.25) is 23.2 Å². The fourth-order valence-electron chi connectivity index (χ4n) is 2.28. The lowest BCUT2D eigenvalue weighted by molar-refractivity contribution is -0.118. The number of amides is 1. The van der Waals surface area contributed by atoms with Gasteiger partial charge in [0, 0.05) is 18.7 Å². The molecule has 0 saturated carbocycles. The summed E-state index contributed by atoms with van der Waals surface area (Å²) in [7, 11) is -1.88. The first-order chi connectivity index (χ1) is 11.3. The summed E-state index contributed by atoms with van der Waals surface area (Å²) in [4.78, 5) is 17.0. The van der Waals surface area contributed by atoms with Crippen molar-refractivity contribution in [3.05, 3.63) is 23.8 Å². The van der Waals surface area contributed by atoms with Crippen LogP contribution in [0.5, 0.6) is 11.8 Å². The van der Waals surface area contributed by atoms with E-state index in [2.05, 4.69) is 10.3 Å². The van der Waals surface area contributed by atoms with Gasteiger partial charge in [-0.05, 0) is 6.07 Å². The lowest BCUT2D eigenvalue weighted by Gasteiger charge is -2.36. The van der Waals surface area contributed by atoms with Gasteiger partial charge in [-0.3, -0.25) is 9.35 Å². The maximum Gasteiger partial charge on any atom is 0.306 e. The van der Waals surface area contributed by atoms with Crippen molar-refractivity contribution in [3.8, 4) is 11.8 Å². The fourth-order valence-corrected chi connectivity index (χ4v) is 3.08. The van der Waals surface area contributed by atoms with Gasteiger partial charge in [-0.1, -0.05) is 0 Å². The van der Waals surface area contributed by atoms with Crippen LogP contribution in [0.15, 0.2) is 18.2 Å². The Labute approximate surface area is 138 Å². The van der Waals surface area contributed by atoms with E-state index >= 15 is 0 Å². The Kier molecular flexibility index (Phi) is 5.26. The number of hydrogen-bond donors (Lipinski definition) is 3. The summed E-state index contributed by atoms with van der Waals surface area (Å²) in [6, 6.07) is 3.03. The van der Waals surface area contributed by atoms with Crippen molar-refractivity contribution >= 4 is 21.7 Å². The van der Waals surface area contributed by atoms with Gasteiger partial charge in [0.05, 0.1) is 32.1 Å². The standard InChI is InChI=1S/C13H17N3O7S/c1-22-11-4-3-8(12(15-11)23-2)9-7-10(18)14-13(24(19,20)21)16(9)5-6-17/h3-4,7,13,17H,5-6H2,1-2H3,(H,14,18)(H,19,20,21). The Hall–Kier alpha value is -2.37. The van der Waals surface area contributed by atoms with Crippen LogP contribution in [0, 0.1) is 0 Å². The summed E-state index contributed by atoms with van der Waals surface area (Å²) < 4.78 is 42.7. The molecule has 0 saturated heterocycles. The van der Waals surface area contributed by atoms with Gasteiger partial charge >= 0.3 is 10.1 Å². The van der Waals surface area contributed by atoms with Gasteiger partial charge in [0.25, 0.3) is 0 Å². The average Bonchev–Trinajstić information content (AvgIpc) is 2.54. The van der Waals surface area contributed by atoms with Gasteiger partial charge in [-0.2, -0.15) is 13.4 Å². The predicted octanol–water partition coefficient (Wildman–Crippen LogP) is -0.965. The zero-order valence-corrected chi connectivity index (χ0v) is 13.8. The van der Waals surface area contributed by atoms with Crippen LogP contribution in [0.2, 0.25) is 0 Å². The number of nitrogens with one attached hydrogen (secondary N) is 1. The lowest BCUT2D eigenvalue weighted by Crippen LogP contribution is -2.55. The largest absolute Gasteiger partial charge is 0.481 e. The van der Waals surface area contributed by atoms with Crippen LogP contribution in [-0.2, 0) is 14.9 Å². The van der Waals surface area contributed by atoms with Crippen LogP contribution >= 0.6 is 0 Å². The van der Waals surface area contributed by atoms with E-state index < -0.39 is 28.1 Å². The average molecular weight is 359 g/mol. The van der Waals surface area contributed by atoms with E-state index in [-0.39, 0.29) is 24.0 Å². The van der Waals surface area contributed by atoms with Gasteiger partial charge < -0.3 is 24.8 Å². The second-order valence-electron chi connectivity index (χ2n) is 4.73. The highest BCUT2D eigenvalue weighted by Gasteiger charge is 2.37. The topological polar surface area (TPSA) is 138 Å². The number of aromatic nitrogens is 1. The first-order valence-electron chi connectivity index (χ1n) is 6.77. The zero-order valence-electron chi connectivity index (χ0n) is 13.0. The Morgan fingerprint density at radius 3 is 2.58 bits per heavy atom. The molecule has 1 aliphatic rings. The number of β-amino-alcohol motifs (C(OH)–C–C–N with tert-alkyl or cyclic N) is 1. The van der Waals surface area contributed by atoms with Crippen LogP contribution in [-0.4, -0.2) is 66.7 Å². The molecule has 132 valence electrons.